The van der Waals surface area contributed by atoms with Crippen LogP contribution in [-0.2, 0) is 29.4 Å². The van der Waals surface area contributed by atoms with Crippen molar-refractivity contribution in [2.75, 3.05) is 59.3 Å². The molecule has 732 valence electrons. The molecule has 3 unspecified atom stereocenters. The first kappa shape index (κ1) is 97.7. The second-order valence-electron chi connectivity index (χ2n) is 40.8. The summed E-state index contributed by atoms with van der Waals surface area (Å²) in [5, 5.41) is 20.6. The maximum absolute atomic E-state index is 15.0. The minimum atomic E-state index is -2.72. The summed E-state index contributed by atoms with van der Waals surface area (Å²) in [5.74, 6) is -8.95. The number of piperidine rings is 5. The van der Waals surface area contributed by atoms with Crippen molar-refractivity contribution >= 4 is 114 Å². The topological polar surface area (TPSA) is 370 Å². The standard InChI is InChI=1S/2C21H28FN5O.3C19H23F2N5O/c2*1-6-15(28)27-10-13(8-7-12(27)2)26-19-16-14(9-23-18(16)24-11-25-19)17-20(3,4)21(17,5)22;1-4-14(27)26-8-12(6-5-11(26)2)25-17-15-13(18(3)9-19(18,20)21)7-22-16(15)23-10-24-17;2*1-4-14(27)26-8-12(6-5-10(26)2)25-18-15-13(16-11(3)19(16,20)21)7-22-17(15)23-9-24-18/h2*6,9,11-13,17H,1,7-8,10H2,2-5H3,(H2,23,24,25,26);4,7,10-12H,1,5-6,8-9H2,2-3H3,(H2,22,23,24,25);2*4,7,9-12,16H,1,5-6,8H2,2-3H3,(H2,22,23,24,25)/t12-,13+,17+,21?;12-,13+,17-,21?;11-,12+,18?;10-,11+,12+,16-;10-,11-,12+,16+/m00000/s1. The number of rotatable bonds is 20. The van der Waals surface area contributed by atoms with Crippen LogP contribution in [-0.4, -0.2) is 251 Å². The second-order valence-corrected chi connectivity index (χ2v) is 40.8. The Kier molecular flexibility index (Phi) is 26.3. The van der Waals surface area contributed by atoms with Crippen LogP contribution in [0.2, 0.25) is 0 Å². The molecule has 5 aliphatic heterocycles. The molecule has 5 aliphatic carbocycles. The van der Waals surface area contributed by atoms with E-state index >= 15 is 8.78 Å². The number of H-pyrrole nitrogens is 5. The Morgan fingerprint density at radius 1 is 0.336 bits per heavy atom. The van der Waals surface area contributed by atoms with Crippen molar-refractivity contribution in [2.45, 2.75) is 286 Å². The van der Waals surface area contributed by atoms with Gasteiger partial charge in [0.2, 0.25) is 29.5 Å². The molecule has 19 atom stereocenters. The SMILES string of the molecule is C=CC(=O)N1C[C@H](Nc2ncnc3[nH]cc(C4(C)CC4(F)F)c23)CC[C@@H]1C.C=CC(=O)N1C[C@H](Nc2ncnc3[nH]cc([C@@H]4C(C)(C)C4(C)F)c23)CC[C@@H]1C.C=CC(=O)N1C[C@H](Nc2ncnc3[nH]cc([C@@H]4[C@@H](C)C4(F)F)c23)CC[C@@H]1C.C=CC(=O)N1C[C@H](Nc2ncnc3[nH]cc([C@H]4C(C)(C)C4(C)F)c23)CC[C@@H]1C.C=CC(=O)N1C[C@H](Nc2ncnc3[nH]cc([C@H]4[C@H](C)C4(F)F)c23)CC[C@@H]1C. The van der Waals surface area contributed by atoms with Crippen LogP contribution in [0.25, 0.3) is 55.2 Å². The Balaban J connectivity index is 0.000000124. The van der Waals surface area contributed by atoms with Crippen molar-refractivity contribution in [2.24, 2.45) is 22.7 Å². The first-order valence-electron chi connectivity index (χ1n) is 47.4. The highest BCUT2D eigenvalue weighted by molar-refractivity contribution is 5.97. The van der Waals surface area contributed by atoms with E-state index in [2.05, 4.69) is 148 Å². The number of aromatic amines is 5. The van der Waals surface area contributed by atoms with E-state index in [0.717, 1.165) is 86.1 Å². The van der Waals surface area contributed by atoms with E-state index < -0.39 is 69.0 Å². The highest BCUT2D eigenvalue weighted by Crippen LogP contribution is 2.72. The normalized spacial score (nSPS) is 30.4. The van der Waals surface area contributed by atoms with E-state index in [0.29, 0.717) is 123 Å². The van der Waals surface area contributed by atoms with E-state index in [1.54, 1.807) is 67.9 Å². The van der Waals surface area contributed by atoms with Gasteiger partial charge in [0.05, 0.1) is 44.2 Å². The fourth-order valence-corrected chi connectivity index (χ4v) is 21.9. The van der Waals surface area contributed by atoms with Crippen LogP contribution in [0.5, 0.6) is 0 Å². The third-order valence-corrected chi connectivity index (χ3v) is 31.7. The lowest BCUT2D eigenvalue weighted by atomic mass is 9.96. The molecule has 15 heterocycles. The smallest absolute Gasteiger partial charge is 0.258 e. The first-order chi connectivity index (χ1) is 64.8. The summed E-state index contributed by atoms with van der Waals surface area (Å²) < 4.78 is 114. The number of halogens is 8. The summed E-state index contributed by atoms with van der Waals surface area (Å²) in [7, 11) is 0. The molecule has 30 nitrogen and oxygen atoms in total. The lowest BCUT2D eigenvalue weighted by Gasteiger charge is -2.38. The summed E-state index contributed by atoms with van der Waals surface area (Å²) in [4.78, 5) is 128. The molecule has 0 bridgehead atoms. The molecule has 0 radical (unpaired) electrons. The number of nitrogens with zero attached hydrogens (tertiary/aromatic N) is 15. The molecule has 10 fully saturated rings. The van der Waals surface area contributed by atoms with Crippen molar-refractivity contribution in [3.63, 3.8) is 0 Å². The van der Waals surface area contributed by atoms with Crippen molar-refractivity contribution < 1.29 is 59.1 Å². The lowest BCUT2D eigenvalue weighted by Crippen LogP contribution is -2.49. The molecule has 0 spiro atoms. The van der Waals surface area contributed by atoms with Gasteiger partial charge in [0, 0.05) is 165 Å². The van der Waals surface area contributed by atoms with E-state index in [4.69, 9.17) is 0 Å². The third kappa shape index (κ3) is 18.0. The Bertz CT molecular complexity index is 5970. The molecule has 5 saturated heterocycles. The van der Waals surface area contributed by atoms with Crippen LogP contribution >= 0.6 is 0 Å². The minimum Gasteiger partial charge on any atom is -0.365 e. The van der Waals surface area contributed by atoms with Crippen LogP contribution in [0.15, 0.2) is 126 Å². The van der Waals surface area contributed by atoms with Gasteiger partial charge in [-0.05, 0) is 178 Å². The zero-order valence-corrected chi connectivity index (χ0v) is 80.0. The van der Waals surface area contributed by atoms with Gasteiger partial charge in [-0.2, -0.15) is 0 Å². The summed E-state index contributed by atoms with van der Waals surface area (Å²) in [6.45, 7) is 46.6. The number of aromatic nitrogens is 15. The number of anilines is 5. The summed E-state index contributed by atoms with van der Waals surface area (Å²) in [5.41, 5.74) is 1.91. The monoisotopic (exact) mass is 1900 g/mol. The van der Waals surface area contributed by atoms with Gasteiger partial charge in [0.1, 0.15) is 100 Å². The second kappa shape index (κ2) is 36.8. The molecule has 5 saturated carbocycles. The molecule has 5 amide bonds. The van der Waals surface area contributed by atoms with Gasteiger partial charge < -0.3 is 76.0 Å². The maximum Gasteiger partial charge on any atom is 0.258 e. The predicted octanol–water partition coefficient (Wildman–Crippen LogP) is 17.4. The molecule has 137 heavy (non-hydrogen) atoms. The number of fused-ring (bicyclic) bond motifs is 5. The van der Waals surface area contributed by atoms with Crippen LogP contribution < -0.4 is 26.6 Å². The molecule has 20 rings (SSSR count). The van der Waals surface area contributed by atoms with Gasteiger partial charge in [-0.25, -0.2) is 85.0 Å². The molecule has 10 aromatic heterocycles. The van der Waals surface area contributed by atoms with Crippen LogP contribution in [0.3, 0.4) is 0 Å². The number of hydrogen-bond donors (Lipinski definition) is 10. The van der Waals surface area contributed by atoms with Crippen LogP contribution in [0.4, 0.5) is 64.2 Å². The number of likely N-dealkylation sites (tertiary alicyclic amines) is 5. The Labute approximate surface area is 790 Å². The summed E-state index contributed by atoms with van der Waals surface area (Å²) in [6, 6.07) is 0.929. The number of amides is 5. The Morgan fingerprint density at radius 3 is 0.752 bits per heavy atom. The van der Waals surface area contributed by atoms with E-state index in [9.17, 15) is 50.3 Å². The highest BCUT2D eigenvalue weighted by atomic mass is 19.3. The van der Waals surface area contributed by atoms with Crippen molar-refractivity contribution in [3.8, 4) is 0 Å². The number of carbonyl (C=O) groups is 5. The average Bonchev–Trinajstić information content (AvgIpc) is 1.52. The van der Waals surface area contributed by atoms with Crippen molar-refractivity contribution in [1.82, 2.24) is 99.3 Å². The maximum atomic E-state index is 15.0. The van der Waals surface area contributed by atoms with Gasteiger partial charge in [0.25, 0.3) is 17.8 Å². The predicted molar refractivity (Wildman–Crippen MR) is 512 cm³/mol. The van der Waals surface area contributed by atoms with Crippen LogP contribution in [0.1, 0.15) is 219 Å². The van der Waals surface area contributed by atoms with Crippen molar-refractivity contribution in [3.05, 3.63) is 154 Å². The zero-order chi connectivity index (χ0) is 98.6. The number of nitrogens with one attached hydrogen (secondary N) is 10. The lowest BCUT2D eigenvalue weighted by molar-refractivity contribution is -0.130. The quantitative estimate of drug-likeness (QED) is 0.0250. The average molecular weight is 1900 g/mol. The minimum absolute atomic E-state index is 0.0110. The van der Waals surface area contributed by atoms with Gasteiger partial charge >= 0.3 is 0 Å². The first-order valence-corrected chi connectivity index (χ1v) is 47.4. The van der Waals surface area contributed by atoms with E-state index in [-0.39, 0.29) is 108 Å². The molecular formula is C99H125F8N25O5. The fraction of sp³-hybridized carbons (Fsp3) is 0.545. The third-order valence-electron chi connectivity index (χ3n) is 31.7. The molecule has 10 aromatic rings. The zero-order valence-electron chi connectivity index (χ0n) is 80.0. The largest absolute Gasteiger partial charge is 0.365 e. The van der Waals surface area contributed by atoms with Gasteiger partial charge in [0.15, 0.2) is 0 Å². The molecule has 10 aliphatic rings. The fourth-order valence-electron chi connectivity index (χ4n) is 21.9. The van der Waals surface area contributed by atoms with Crippen LogP contribution in [0, 0.1) is 22.7 Å². The number of alkyl halides is 8. The van der Waals surface area contributed by atoms with E-state index in [1.807, 2.05) is 70.7 Å². The molecule has 38 heteroatoms. The van der Waals surface area contributed by atoms with Crippen molar-refractivity contribution in [1.29, 1.82) is 0 Å². The van der Waals surface area contributed by atoms with E-state index in [1.165, 1.54) is 62.0 Å². The van der Waals surface area contributed by atoms with Gasteiger partial charge in [-0.3, -0.25) is 24.0 Å². The molecule has 10 N–H and O–H groups in total. The Morgan fingerprint density at radius 2 is 0.540 bits per heavy atom. The molecular weight excluding hydrogens is 1770 g/mol. The van der Waals surface area contributed by atoms with Gasteiger partial charge in [-0.1, -0.05) is 74.4 Å². The highest BCUT2D eigenvalue weighted by Gasteiger charge is 2.73. The number of hydrogen-bond acceptors (Lipinski definition) is 20. The van der Waals surface area contributed by atoms with Gasteiger partial charge in [-0.15, -0.1) is 0 Å². The summed E-state index contributed by atoms with van der Waals surface area (Å²) in [6.07, 6.45) is 31.2. The number of carbonyl (C=O) groups excluding carboxylic acids is 5. The summed E-state index contributed by atoms with van der Waals surface area (Å²) >= 11 is 0. The Hall–Kier alpha value is -12.4. The molecule has 0 aromatic carbocycles.